The molecule has 2 N–H and O–H groups in total. The van der Waals surface area contributed by atoms with Gasteiger partial charge in [0.05, 0.1) is 0 Å². The summed E-state index contributed by atoms with van der Waals surface area (Å²) in [5, 5.41) is 5.89. The highest BCUT2D eigenvalue weighted by Crippen LogP contribution is 2.08. The van der Waals surface area contributed by atoms with Crippen molar-refractivity contribution >= 4 is 11.8 Å². The highest BCUT2D eigenvalue weighted by atomic mass is 16.2. The first-order valence-corrected chi connectivity index (χ1v) is 10.4. The van der Waals surface area contributed by atoms with Gasteiger partial charge in [-0.2, -0.15) is 0 Å². The molecule has 154 valence electrons. The Morgan fingerprint density at radius 1 is 0.767 bits per heavy atom. The summed E-state index contributed by atoms with van der Waals surface area (Å²) in [5.41, 5.74) is 3.90. The minimum Gasteiger partial charge on any atom is -0.354 e. The molecule has 0 saturated heterocycles. The summed E-state index contributed by atoms with van der Waals surface area (Å²) in [6.07, 6.45) is 2.11. The van der Waals surface area contributed by atoms with E-state index in [2.05, 4.69) is 17.6 Å². The van der Waals surface area contributed by atoms with Crippen molar-refractivity contribution in [2.45, 2.75) is 32.2 Å². The molecule has 0 aliphatic carbocycles. The Kier molecular flexibility index (Phi) is 7.78. The molecule has 30 heavy (non-hydrogen) atoms. The fourth-order valence-corrected chi connectivity index (χ4v) is 3.29. The van der Waals surface area contributed by atoms with Gasteiger partial charge in [-0.3, -0.25) is 9.59 Å². The maximum atomic E-state index is 12.9. The Bertz CT molecular complexity index is 938. The molecule has 4 heteroatoms. The van der Waals surface area contributed by atoms with Gasteiger partial charge in [0.25, 0.3) is 5.91 Å². The number of amides is 2. The summed E-state index contributed by atoms with van der Waals surface area (Å²) >= 11 is 0. The molecule has 0 aliphatic rings. The Labute approximate surface area is 178 Å². The summed E-state index contributed by atoms with van der Waals surface area (Å²) in [6, 6.07) is 26.6. The molecule has 3 aromatic rings. The molecule has 0 radical (unpaired) electrons. The van der Waals surface area contributed by atoms with Crippen LogP contribution in [0.3, 0.4) is 0 Å². The Hall–Kier alpha value is -3.40. The van der Waals surface area contributed by atoms with Crippen molar-refractivity contribution in [2.24, 2.45) is 0 Å². The molecule has 0 heterocycles. The van der Waals surface area contributed by atoms with Crippen LogP contribution < -0.4 is 10.6 Å². The van der Waals surface area contributed by atoms with E-state index >= 15 is 0 Å². The van der Waals surface area contributed by atoms with E-state index in [1.165, 1.54) is 5.56 Å². The first kappa shape index (κ1) is 21.3. The number of carbonyl (C=O) groups is 2. The van der Waals surface area contributed by atoms with Gasteiger partial charge in [-0.25, -0.2) is 0 Å². The maximum Gasteiger partial charge on any atom is 0.251 e. The summed E-state index contributed by atoms with van der Waals surface area (Å²) in [7, 11) is 0. The number of hydrogen-bond donors (Lipinski definition) is 2. The summed E-state index contributed by atoms with van der Waals surface area (Å²) < 4.78 is 0. The van der Waals surface area contributed by atoms with E-state index in [0.29, 0.717) is 18.5 Å². The van der Waals surface area contributed by atoms with Gasteiger partial charge in [0.1, 0.15) is 6.04 Å². The van der Waals surface area contributed by atoms with Crippen LogP contribution in [0.25, 0.3) is 0 Å². The third kappa shape index (κ3) is 6.31. The van der Waals surface area contributed by atoms with E-state index in [-0.39, 0.29) is 11.8 Å². The van der Waals surface area contributed by atoms with E-state index in [1.807, 2.05) is 72.8 Å². The smallest absolute Gasteiger partial charge is 0.251 e. The number of aryl methyl sites for hydroxylation is 1. The van der Waals surface area contributed by atoms with Crippen molar-refractivity contribution in [1.82, 2.24) is 10.6 Å². The summed E-state index contributed by atoms with van der Waals surface area (Å²) in [6.45, 7) is 2.60. The van der Waals surface area contributed by atoms with E-state index in [4.69, 9.17) is 0 Å². The number of benzene rings is 3. The molecule has 4 nitrogen and oxygen atoms in total. The molecule has 1 atom stereocenters. The first-order chi connectivity index (χ1) is 14.7. The quantitative estimate of drug-likeness (QED) is 0.571. The second-order valence-corrected chi connectivity index (χ2v) is 7.29. The van der Waals surface area contributed by atoms with Crippen LogP contribution in [0.1, 0.15) is 34.0 Å². The lowest BCUT2D eigenvalue weighted by Crippen LogP contribution is -2.48. The molecule has 0 bridgehead atoms. The van der Waals surface area contributed by atoms with Gasteiger partial charge in [-0.05, 0) is 41.7 Å². The lowest BCUT2D eigenvalue weighted by molar-refractivity contribution is -0.122. The van der Waals surface area contributed by atoms with Gasteiger partial charge in [-0.1, -0.05) is 79.7 Å². The van der Waals surface area contributed by atoms with Crippen LogP contribution in [0.5, 0.6) is 0 Å². The topological polar surface area (TPSA) is 58.2 Å². The van der Waals surface area contributed by atoms with Gasteiger partial charge < -0.3 is 10.6 Å². The highest BCUT2D eigenvalue weighted by Gasteiger charge is 2.21. The number of carbonyl (C=O) groups excluding carboxylic acids is 2. The molecule has 0 saturated carbocycles. The molecule has 0 aromatic heterocycles. The van der Waals surface area contributed by atoms with Gasteiger partial charge in [-0.15, -0.1) is 0 Å². The van der Waals surface area contributed by atoms with Crippen LogP contribution in [0, 0.1) is 0 Å². The monoisotopic (exact) mass is 400 g/mol. The van der Waals surface area contributed by atoms with Gasteiger partial charge >= 0.3 is 0 Å². The lowest BCUT2D eigenvalue weighted by Gasteiger charge is -2.19. The zero-order valence-electron chi connectivity index (χ0n) is 17.3. The Morgan fingerprint density at radius 2 is 1.37 bits per heavy atom. The fraction of sp³-hybridized carbons (Fsp3) is 0.231. The average Bonchev–Trinajstić information content (AvgIpc) is 2.80. The summed E-state index contributed by atoms with van der Waals surface area (Å²) in [4.78, 5) is 25.6. The van der Waals surface area contributed by atoms with Crippen LogP contribution in [-0.2, 0) is 24.1 Å². The molecule has 0 unspecified atom stereocenters. The molecular weight excluding hydrogens is 372 g/mol. The van der Waals surface area contributed by atoms with Gasteiger partial charge in [0.2, 0.25) is 5.91 Å². The van der Waals surface area contributed by atoms with Crippen LogP contribution >= 0.6 is 0 Å². The lowest BCUT2D eigenvalue weighted by atomic mass is 10.0. The van der Waals surface area contributed by atoms with Crippen molar-refractivity contribution in [3.8, 4) is 0 Å². The van der Waals surface area contributed by atoms with Crippen molar-refractivity contribution in [2.75, 3.05) is 6.54 Å². The van der Waals surface area contributed by atoms with E-state index < -0.39 is 6.04 Å². The molecule has 0 aliphatic heterocycles. The zero-order chi connectivity index (χ0) is 21.2. The molecule has 2 amide bonds. The minimum absolute atomic E-state index is 0.173. The van der Waals surface area contributed by atoms with Crippen LogP contribution in [0.15, 0.2) is 84.9 Å². The number of hydrogen-bond acceptors (Lipinski definition) is 2. The second-order valence-electron chi connectivity index (χ2n) is 7.29. The fourth-order valence-electron chi connectivity index (χ4n) is 3.29. The average molecular weight is 401 g/mol. The van der Waals surface area contributed by atoms with Crippen LogP contribution in [0.4, 0.5) is 0 Å². The molecule has 3 aromatic carbocycles. The largest absolute Gasteiger partial charge is 0.354 e. The molecule has 0 fully saturated rings. The second kappa shape index (κ2) is 11.0. The van der Waals surface area contributed by atoms with Gasteiger partial charge in [0, 0.05) is 18.5 Å². The van der Waals surface area contributed by atoms with Crippen molar-refractivity contribution in [3.63, 3.8) is 0 Å². The van der Waals surface area contributed by atoms with Gasteiger partial charge in [0.15, 0.2) is 0 Å². The summed E-state index contributed by atoms with van der Waals surface area (Å²) in [5.74, 6) is -0.412. The van der Waals surface area contributed by atoms with E-state index in [0.717, 1.165) is 24.0 Å². The van der Waals surface area contributed by atoms with E-state index in [9.17, 15) is 9.59 Å². The molecule has 3 rings (SSSR count). The van der Waals surface area contributed by atoms with Crippen molar-refractivity contribution in [1.29, 1.82) is 0 Å². The number of nitrogens with one attached hydrogen (secondary N) is 2. The predicted octanol–water partition coefficient (Wildman–Crippen LogP) is 3.95. The SMILES string of the molecule is CCc1ccc(C(=O)N[C@H](Cc2ccccc2)C(=O)NCCc2ccccc2)cc1. The van der Waals surface area contributed by atoms with E-state index in [1.54, 1.807) is 12.1 Å². The molecule has 0 spiro atoms. The predicted molar refractivity (Wildman–Crippen MR) is 120 cm³/mol. The minimum atomic E-state index is -0.637. The van der Waals surface area contributed by atoms with Crippen LogP contribution in [-0.4, -0.2) is 24.4 Å². The Balaban J connectivity index is 1.65. The maximum absolute atomic E-state index is 12.9. The zero-order valence-corrected chi connectivity index (χ0v) is 17.3. The molecular formula is C26H28N2O2. The standard InChI is InChI=1S/C26H28N2O2/c1-2-20-13-15-23(16-14-20)25(29)28-24(19-22-11-7-4-8-12-22)26(30)27-18-17-21-9-5-3-6-10-21/h3-16,24H,2,17-19H2,1H3,(H,27,30)(H,28,29)/t24-/m1/s1. The number of rotatable bonds is 9. The van der Waals surface area contributed by atoms with Crippen molar-refractivity contribution < 1.29 is 9.59 Å². The Morgan fingerprint density at radius 3 is 1.97 bits per heavy atom. The normalized spacial score (nSPS) is 11.5. The van der Waals surface area contributed by atoms with Crippen molar-refractivity contribution in [3.05, 3.63) is 107 Å². The van der Waals surface area contributed by atoms with Crippen LogP contribution in [0.2, 0.25) is 0 Å². The third-order valence-electron chi connectivity index (χ3n) is 5.08. The third-order valence-corrected chi connectivity index (χ3v) is 5.08. The first-order valence-electron chi connectivity index (χ1n) is 10.4. The highest BCUT2D eigenvalue weighted by molar-refractivity contribution is 5.97.